The molecule has 0 bridgehead atoms. The van der Waals surface area contributed by atoms with E-state index in [1.165, 1.54) is 17.6 Å². The Balaban J connectivity index is 1.47. The number of thiophene rings is 1. The van der Waals surface area contributed by atoms with E-state index in [4.69, 9.17) is 25.8 Å². The topological polar surface area (TPSA) is 86.2 Å². The number of carbonyl (C=O) groups is 2. The van der Waals surface area contributed by atoms with Gasteiger partial charge in [0.1, 0.15) is 10.6 Å². The van der Waals surface area contributed by atoms with E-state index in [1.807, 2.05) is 31.2 Å². The molecular formula is C26H21ClN2O5S. The second-order valence-corrected chi connectivity index (χ2v) is 8.63. The molecule has 35 heavy (non-hydrogen) atoms. The molecule has 4 aromatic rings. The molecule has 0 fully saturated rings. The highest BCUT2D eigenvalue weighted by molar-refractivity contribution is 7.21. The molecular weight excluding hydrogens is 488 g/mol. The van der Waals surface area contributed by atoms with Crippen LogP contribution in [0.2, 0.25) is 5.02 Å². The molecule has 9 heteroatoms. The Kier molecular flexibility index (Phi) is 7.64. The number of esters is 1. The molecule has 0 aliphatic carbocycles. The number of nitrogens with one attached hydrogen (secondary N) is 1. The summed E-state index contributed by atoms with van der Waals surface area (Å²) in [5, 5.41) is 5.17. The Hall–Kier alpha value is -3.88. The first-order valence-corrected chi connectivity index (χ1v) is 11.8. The minimum atomic E-state index is -0.565. The van der Waals surface area contributed by atoms with E-state index in [2.05, 4.69) is 10.5 Å². The Labute approximate surface area is 210 Å². The summed E-state index contributed by atoms with van der Waals surface area (Å²) in [5.74, 6) is 0.349. The lowest BCUT2D eigenvalue weighted by Gasteiger charge is -2.11. The second-order valence-electron chi connectivity index (χ2n) is 7.20. The number of halogens is 1. The van der Waals surface area contributed by atoms with Gasteiger partial charge in [0.15, 0.2) is 11.5 Å². The highest BCUT2D eigenvalue weighted by atomic mass is 35.5. The normalized spacial score (nSPS) is 10.9. The smallest absolute Gasteiger partial charge is 0.355 e. The lowest BCUT2D eigenvalue weighted by molar-refractivity contribution is 0.0733. The number of hydrazone groups is 1. The molecule has 4 rings (SSSR count). The maximum atomic E-state index is 12.8. The molecule has 3 aromatic carbocycles. The van der Waals surface area contributed by atoms with Gasteiger partial charge in [-0.3, -0.25) is 4.79 Å². The SMILES string of the molecule is CCOc1cc(/C=N\NC(=O)c2ccc(OC)cc2)ccc1OC(=O)c1sc2ccccc2c1Cl. The summed E-state index contributed by atoms with van der Waals surface area (Å²) in [6.45, 7) is 2.19. The number of rotatable bonds is 8. The van der Waals surface area contributed by atoms with Crippen LogP contribution >= 0.6 is 22.9 Å². The van der Waals surface area contributed by atoms with Gasteiger partial charge in [-0.2, -0.15) is 5.10 Å². The summed E-state index contributed by atoms with van der Waals surface area (Å²) in [6.07, 6.45) is 1.47. The van der Waals surface area contributed by atoms with E-state index in [-0.39, 0.29) is 11.7 Å². The number of fused-ring (bicyclic) bond motifs is 1. The zero-order valence-electron chi connectivity index (χ0n) is 18.9. The van der Waals surface area contributed by atoms with E-state index < -0.39 is 5.97 Å². The molecule has 0 saturated heterocycles. The molecule has 1 amide bonds. The van der Waals surface area contributed by atoms with E-state index >= 15 is 0 Å². The number of amides is 1. The molecule has 7 nitrogen and oxygen atoms in total. The first-order valence-electron chi connectivity index (χ1n) is 10.6. The van der Waals surface area contributed by atoms with Crippen molar-refractivity contribution in [2.24, 2.45) is 5.10 Å². The average Bonchev–Trinajstić information content (AvgIpc) is 3.22. The summed E-state index contributed by atoms with van der Waals surface area (Å²) in [5.41, 5.74) is 3.56. The highest BCUT2D eigenvalue weighted by Gasteiger charge is 2.20. The Morgan fingerprint density at radius 2 is 1.83 bits per heavy atom. The van der Waals surface area contributed by atoms with Gasteiger partial charge in [-0.1, -0.05) is 29.8 Å². The molecule has 0 aliphatic heterocycles. The van der Waals surface area contributed by atoms with Gasteiger partial charge in [-0.25, -0.2) is 10.2 Å². The number of benzene rings is 3. The van der Waals surface area contributed by atoms with Crippen LogP contribution in [-0.4, -0.2) is 31.8 Å². The van der Waals surface area contributed by atoms with E-state index in [0.717, 1.165) is 10.1 Å². The third-order valence-corrected chi connectivity index (χ3v) is 6.58. The fourth-order valence-corrected chi connectivity index (χ4v) is 4.61. The molecule has 0 unspecified atom stereocenters. The molecule has 0 aliphatic rings. The molecule has 0 spiro atoms. The Morgan fingerprint density at radius 3 is 2.54 bits per heavy atom. The van der Waals surface area contributed by atoms with Gasteiger partial charge in [0, 0.05) is 15.6 Å². The van der Waals surface area contributed by atoms with Crippen LogP contribution in [0.25, 0.3) is 10.1 Å². The number of hydrogen-bond acceptors (Lipinski definition) is 7. The van der Waals surface area contributed by atoms with Gasteiger partial charge >= 0.3 is 5.97 Å². The second kappa shape index (κ2) is 11.0. The summed E-state index contributed by atoms with van der Waals surface area (Å²) in [7, 11) is 1.56. The predicted octanol–water partition coefficient (Wildman–Crippen LogP) is 5.95. The van der Waals surface area contributed by atoms with E-state index in [0.29, 0.717) is 39.1 Å². The van der Waals surface area contributed by atoms with Crippen molar-refractivity contribution in [3.8, 4) is 17.2 Å². The van der Waals surface area contributed by atoms with Crippen molar-refractivity contribution < 1.29 is 23.8 Å². The lowest BCUT2D eigenvalue weighted by atomic mass is 10.2. The number of carbonyl (C=O) groups excluding carboxylic acids is 2. The fraction of sp³-hybridized carbons (Fsp3) is 0.115. The first-order chi connectivity index (χ1) is 17.0. The van der Waals surface area contributed by atoms with Crippen LogP contribution in [0.15, 0.2) is 71.8 Å². The van der Waals surface area contributed by atoms with Crippen molar-refractivity contribution in [1.82, 2.24) is 5.43 Å². The quantitative estimate of drug-likeness (QED) is 0.138. The van der Waals surface area contributed by atoms with Gasteiger partial charge in [0.05, 0.1) is 25.0 Å². The largest absolute Gasteiger partial charge is 0.497 e. The summed E-state index contributed by atoms with van der Waals surface area (Å²) < 4.78 is 17.2. The van der Waals surface area contributed by atoms with Crippen molar-refractivity contribution in [3.63, 3.8) is 0 Å². The van der Waals surface area contributed by atoms with Gasteiger partial charge < -0.3 is 14.2 Å². The van der Waals surface area contributed by atoms with Crippen molar-refractivity contribution >= 4 is 51.1 Å². The van der Waals surface area contributed by atoms with Crippen molar-refractivity contribution in [2.45, 2.75) is 6.92 Å². The highest BCUT2D eigenvalue weighted by Crippen LogP contribution is 2.37. The van der Waals surface area contributed by atoms with Crippen LogP contribution in [0.1, 0.15) is 32.5 Å². The summed E-state index contributed by atoms with van der Waals surface area (Å²) in [4.78, 5) is 25.4. The molecule has 0 saturated carbocycles. The number of methoxy groups -OCH3 is 1. The molecule has 0 atom stereocenters. The molecule has 1 aromatic heterocycles. The van der Waals surface area contributed by atoms with Crippen LogP contribution in [0.5, 0.6) is 17.2 Å². The number of nitrogens with zero attached hydrogens (tertiary/aromatic N) is 1. The number of ether oxygens (including phenoxy) is 3. The standard InChI is InChI=1S/C26H21ClN2O5S/c1-3-33-21-14-16(15-28-29-25(30)17-9-11-18(32-2)12-10-17)8-13-20(21)34-26(31)24-23(27)19-6-4-5-7-22(19)35-24/h4-15H,3H2,1-2H3,(H,29,30)/b28-15-. The van der Waals surface area contributed by atoms with Crippen LogP contribution in [0.3, 0.4) is 0 Å². The maximum Gasteiger partial charge on any atom is 0.355 e. The molecule has 0 radical (unpaired) electrons. The van der Waals surface area contributed by atoms with Crippen LogP contribution in [0.4, 0.5) is 0 Å². The fourth-order valence-electron chi connectivity index (χ4n) is 3.22. The van der Waals surface area contributed by atoms with Gasteiger partial charge in [0.2, 0.25) is 0 Å². The van der Waals surface area contributed by atoms with Crippen LogP contribution in [-0.2, 0) is 0 Å². The Bertz CT molecular complexity index is 1400. The lowest BCUT2D eigenvalue weighted by Crippen LogP contribution is -2.17. The average molecular weight is 509 g/mol. The van der Waals surface area contributed by atoms with Crippen LogP contribution < -0.4 is 19.6 Å². The molecule has 1 N–H and O–H groups in total. The van der Waals surface area contributed by atoms with Crippen molar-refractivity contribution in [2.75, 3.05) is 13.7 Å². The maximum absolute atomic E-state index is 12.8. The zero-order chi connectivity index (χ0) is 24.8. The molecule has 1 heterocycles. The first kappa shape index (κ1) is 24.3. The van der Waals surface area contributed by atoms with Crippen LogP contribution in [0, 0.1) is 0 Å². The third-order valence-electron chi connectivity index (χ3n) is 4.92. The third kappa shape index (κ3) is 5.62. The summed E-state index contributed by atoms with van der Waals surface area (Å²) >= 11 is 7.68. The predicted molar refractivity (Wildman–Crippen MR) is 137 cm³/mol. The zero-order valence-corrected chi connectivity index (χ0v) is 20.5. The Morgan fingerprint density at radius 1 is 1.06 bits per heavy atom. The van der Waals surface area contributed by atoms with Gasteiger partial charge in [-0.05, 0) is 61.0 Å². The minimum absolute atomic E-state index is 0.254. The van der Waals surface area contributed by atoms with Gasteiger partial charge in [-0.15, -0.1) is 11.3 Å². The monoisotopic (exact) mass is 508 g/mol. The van der Waals surface area contributed by atoms with Gasteiger partial charge in [0.25, 0.3) is 5.91 Å². The summed E-state index contributed by atoms with van der Waals surface area (Å²) in [6, 6.07) is 19.1. The minimum Gasteiger partial charge on any atom is -0.497 e. The van der Waals surface area contributed by atoms with E-state index in [9.17, 15) is 9.59 Å². The van der Waals surface area contributed by atoms with Crippen molar-refractivity contribution in [3.05, 3.63) is 87.8 Å². The van der Waals surface area contributed by atoms with E-state index in [1.54, 1.807) is 49.6 Å². The molecule has 178 valence electrons. The van der Waals surface area contributed by atoms with Crippen molar-refractivity contribution in [1.29, 1.82) is 0 Å². The number of hydrogen-bond donors (Lipinski definition) is 1.